The topological polar surface area (TPSA) is 9.23 Å². The van der Waals surface area contributed by atoms with Crippen molar-refractivity contribution in [3.05, 3.63) is 49.0 Å². The van der Waals surface area contributed by atoms with E-state index in [-0.39, 0.29) is 5.60 Å². The fourth-order valence-electron chi connectivity index (χ4n) is 2.56. The van der Waals surface area contributed by atoms with E-state index in [0.717, 1.165) is 18.8 Å². The van der Waals surface area contributed by atoms with Crippen molar-refractivity contribution in [1.29, 1.82) is 0 Å². The smallest absolute Gasteiger partial charge is 0.265 e. The van der Waals surface area contributed by atoms with Crippen LogP contribution in [0.25, 0.3) is 0 Å². The summed E-state index contributed by atoms with van der Waals surface area (Å²) in [4.78, 5) is 0. The lowest BCUT2D eigenvalue weighted by Crippen LogP contribution is -2.42. The SMILES string of the molecule is C=C[Si](C=C)(C=C)OC12C=CC(CC1)C2. The van der Waals surface area contributed by atoms with Gasteiger partial charge in [-0.25, -0.2) is 0 Å². The first-order chi connectivity index (χ1) is 7.17. The van der Waals surface area contributed by atoms with Crippen molar-refractivity contribution in [2.45, 2.75) is 24.9 Å². The van der Waals surface area contributed by atoms with Crippen molar-refractivity contribution in [3.63, 3.8) is 0 Å². The lowest BCUT2D eigenvalue weighted by Gasteiger charge is -2.33. The molecule has 2 aliphatic rings. The second kappa shape index (κ2) is 3.61. The molecule has 0 aliphatic heterocycles. The predicted molar refractivity (Wildman–Crippen MR) is 66.6 cm³/mol. The lowest BCUT2D eigenvalue weighted by molar-refractivity contribution is 0.129. The van der Waals surface area contributed by atoms with Crippen LogP contribution in [0, 0.1) is 5.92 Å². The Morgan fingerprint density at radius 3 is 2.27 bits per heavy atom. The van der Waals surface area contributed by atoms with E-state index in [4.69, 9.17) is 4.43 Å². The second-order valence-corrected chi connectivity index (χ2v) is 7.63. The Morgan fingerprint density at radius 1 is 1.27 bits per heavy atom. The molecular weight excluding hydrogens is 200 g/mol. The van der Waals surface area contributed by atoms with Gasteiger partial charge in [0.15, 0.2) is 0 Å². The van der Waals surface area contributed by atoms with E-state index in [0.29, 0.717) is 0 Å². The van der Waals surface area contributed by atoms with Crippen LogP contribution in [0.15, 0.2) is 49.0 Å². The molecule has 0 saturated heterocycles. The molecule has 0 radical (unpaired) electrons. The molecule has 1 saturated carbocycles. The van der Waals surface area contributed by atoms with E-state index in [1.54, 1.807) is 0 Å². The minimum Gasteiger partial charge on any atom is -0.396 e. The van der Waals surface area contributed by atoms with Gasteiger partial charge in [0.05, 0.1) is 5.60 Å². The van der Waals surface area contributed by atoms with Gasteiger partial charge in [0.2, 0.25) is 0 Å². The third-order valence-corrected chi connectivity index (χ3v) is 6.23. The Morgan fingerprint density at radius 2 is 1.93 bits per heavy atom. The number of hydrogen-bond donors (Lipinski definition) is 0. The summed E-state index contributed by atoms with van der Waals surface area (Å²) in [5.74, 6) is 0.733. The molecule has 0 N–H and O–H groups in total. The van der Waals surface area contributed by atoms with Crippen molar-refractivity contribution in [1.82, 2.24) is 0 Å². The molecule has 0 spiro atoms. The first-order valence-corrected chi connectivity index (χ1v) is 7.62. The van der Waals surface area contributed by atoms with Crippen LogP contribution in [0.5, 0.6) is 0 Å². The zero-order chi connectivity index (χ0) is 10.9. The van der Waals surface area contributed by atoms with Gasteiger partial charge in [0.25, 0.3) is 8.32 Å². The first kappa shape index (κ1) is 10.6. The lowest BCUT2D eigenvalue weighted by atomic mass is 10.0. The fraction of sp³-hybridized carbons (Fsp3) is 0.385. The van der Waals surface area contributed by atoms with Gasteiger partial charge in [-0.15, -0.1) is 19.7 Å². The molecule has 15 heavy (non-hydrogen) atoms. The van der Waals surface area contributed by atoms with E-state index < -0.39 is 8.32 Å². The van der Waals surface area contributed by atoms with E-state index in [1.165, 1.54) is 6.42 Å². The summed E-state index contributed by atoms with van der Waals surface area (Å²) in [5, 5.41) is 0. The van der Waals surface area contributed by atoms with E-state index in [1.807, 2.05) is 17.1 Å². The zero-order valence-electron chi connectivity index (χ0n) is 9.11. The zero-order valence-corrected chi connectivity index (χ0v) is 10.1. The van der Waals surface area contributed by atoms with Gasteiger partial charge in [-0.3, -0.25) is 0 Å². The molecule has 0 amide bonds. The summed E-state index contributed by atoms with van der Waals surface area (Å²) in [6.45, 7) is 11.6. The molecule has 0 aromatic carbocycles. The molecule has 2 rings (SSSR count). The quantitative estimate of drug-likeness (QED) is 0.508. The Hall–Kier alpha value is -0.863. The largest absolute Gasteiger partial charge is 0.396 e. The van der Waals surface area contributed by atoms with Crippen LogP contribution in [0.1, 0.15) is 19.3 Å². The summed E-state index contributed by atoms with van der Waals surface area (Å²) in [7, 11) is -2.11. The second-order valence-electron chi connectivity index (χ2n) is 4.49. The summed E-state index contributed by atoms with van der Waals surface area (Å²) >= 11 is 0. The van der Waals surface area contributed by atoms with Gasteiger partial charge < -0.3 is 4.43 Å². The van der Waals surface area contributed by atoms with Gasteiger partial charge in [0.1, 0.15) is 0 Å². The first-order valence-electron chi connectivity index (χ1n) is 5.48. The third-order valence-electron chi connectivity index (χ3n) is 3.56. The van der Waals surface area contributed by atoms with Crippen LogP contribution in [-0.2, 0) is 4.43 Å². The third kappa shape index (κ3) is 1.68. The normalized spacial score (nSPS) is 32.9. The highest BCUT2D eigenvalue weighted by molar-refractivity contribution is 6.87. The summed E-state index contributed by atoms with van der Waals surface area (Å²) < 4.78 is 6.32. The highest BCUT2D eigenvalue weighted by Crippen LogP contribution is 2.46. The molecule has 0 aromatic rings. The number of hydrogen-bond acceptors (Lipinski definition) is 1. The number of rotatable bonds is 5. The van der Waals surface area contributed by atoms with Gasteiger partial charge in [0, 0.05) is 0 Å². The average Bonchev–Trinajstić information content (AvgIpc) is 2.86. The maximum atomic E-state index is 6.32. The van der Waals surface area contributed by atoms with E-state index >= 15 is 0 Å². The summed E-state index contributed by atoms with van der Waals surface area (Å²) in [5.41, 5.74) is 5.68. The Labute approximate surface area is 93.0 Å². The minimum absolute atomic E-state index is 0.0343. The van der Waals surface area contributed by atoms with Crippen LogP contribution in [0.4, 0.5) is 0 Å². The highest BCUT2D eigenvalue weighted by Gasteiger charge is 2.45. The molecule has 2 unspecified atom stereocenters. The molecular formula is C13H18OSi. The van der Waals surface area contributed by atoms with E-state index in [9.17, 15) is 0 Å². The Kier molecular flexibility index (Phi) is 2.57. The molecule has 0 heterocycles. The van der Waals surface area contributed by atoms with Crippen molar-refractivity contribution in [2.75, 3.05) is 0 Å². The minimum atomic E-state index is -2.11. The van der Waals surface area contributed by atoms with Crippen molar-refractivity contribution < 1.29 is 4.43 Å². The summed E-state index contributed by atoms with van der Waals surface area (Å²) in [6, 6.07) is 0. The number of allylic oxidation sites excluding steroid dienone is 1. The molecule has 80 valence electrons. The van der Waals surface area contributed by atoms with Crippen molar-refractivity contribution in [2.24, 2.45) is 5.92 Å². The molecule has 0 aromatic heterocycles. The van der Waals surface area contributed by atoms with Crippen LogP contribution in [0.3, 0.4) is 0 Å². The molecule has 1 fully saturated rings. The van der Waals surface area contributed by atoms with E-state index in [2.05, 4.69) is 31.9 Å². The van der Waals surface area contributed by atoms with Crippen molar-refractivity contribution >= 4 is 8.32 Å². The number of fused-ring (bicyclic) bond motifs is 2. The maximum absolute atomic E-state index is 6.32. The van der Waals surface area contributed by atoms with Gasteiger partial charge in [-0.05, 0) is 25.2 Å². The van der Waals surface area contributed by atoms with Gasteiger partial charge in [-0.1, -0.05) is 29.2 Å². The average molecular weight is 218 g/mol. The predicted octanol–water partition coefficient (Wildman–Crippen LogP) is 3.23. The van der Waals surface area contributed by atoms with Crippen LogP contribution in [-0.4, -0.2) is 13.9 Å². The standard InChI is InChI=1S/C13H18OSi/c1-4-15(5-2,6-3)14-13-9-7-12(11-13)8-10-13/h4-7,9,12H,1-3,8,10-11H2. The Balaban J connectivity index is 2.20. The highest BCUT2D eigenvalue weighted by atomic mass is 28.4. The van der Waals surface area contributed by atoms with Gasteiger partial charge in [-0.2, -0.15) is 0 Å². The van der Waals surface area contributed by atoms with Gasteiger partial charge >= 0.3 is 0 Å². The van der Waals surface area contributed by atoms with Crippen LogP contribution in [0.2, 0.25) is 0 Å². The molecule has 2 atom stereocenters. The van der Waals surface area contributed by atoms with Crippen LogP contribution < -0.4 is 0 Å². The monoisotopic (exact) mass is 218 g/mol. The fourth-order valence-corrected chi connectivity index (χ4v) is 4.27. The molecule has 1 nitrogen and oxygen atoms in total. The molecule has 2 heteroatoms. The van der Waals surface area contributed by atoms with Crippen LogP contribution >= 0.6 is 0 Å². The Bertz CT molecular complexity index is 310. The summed E-state index contributed by atoms with van der Waals surface area (Å²) in [6.07, 6.45) is 8.06. The maximum Gasteiger partial charge on any atom is 0.265 e. The molecule has 2 bridgehead atoms. The van der Waals surface area contributed by atoms with Crippen molar-refractivity contribution in [3.8, 4) is 0 Å². The molecule has 2 aliphatic carbocycles.